The molecule has 0 radical (unpaired) electrons. The number of Topliss-reactive ketones (excluding diaryl/α,β-unsaturated/α-hetero) is 1. The van der Waals surface area contributed by atoms with Crippen molar-refractivity contribution in [3.8, 4) is 6.07 Å². The minimum atomic E-state index is -1.04. The van der Waals surface area contributed by atoms with Crippen molar-refractivity contribution in [3.05, 3.63) is 74.4 Å². The van der Waals surface area contributed by atoms with Crippen LogP contribution < -0.4 is 16.0 Å². The number of aromatic carboxylic acids is 1. The molecule has 0 bridgehead atoms. The summed E-state index contributed by atoms with van der Waals surface area (Å²) in [4.78, 5) is 39.8. The van der Waals surface area contributed by atoms with Gasteiger partial charge in [0.15, 0.2) is 10.1 Å². The molecule has 1 aliphatic heterocycles. The summed E-state index contributed by atoms with van der Waals surface area (Å²) in [5.41, 5.74) is 9.60. The van der Waals surface area contributed by atoms with Crippen molar-refractivity contribution in [3.63, 3.8) is 0 Å². The average molecular weight is 607 g/mol. The molecule has 3 aromatic rings. The van der Waals surface area contributed by atoms with Gasteiger partial charge in [-0.1, -0.05) is 36.9 Å². The zero-order valence-corrected chi connectivity index (χ0v) is 24.9. The standard InChI is InChI=1S/C28H26N6O4S3/c1-14-8-9-39-23(14)21-17(12-29)24(30)34(18-10-28(2,3)11-19(35)22(18)21)26-32-33-27(41-26)40-13-20(36)31-16-6-4-15(5-7-16)25(37)38/h4-9,21H,10-11,13,30H2,1-3H3,(H,31,36)(H,37,38). The monoisotopic (exact) mass is 606 g/mol. The number of nitrogens with two attached hydrogens (primary N) is 1. The Labute approximate surface area is 248 Å². The number of nitrogens with zero attached hydrogens (tertiary/aromatic N) is 4. The second kappa shape index (κ2) is 11.1. The van der Waals surface area contributed by atoms with Crippen LogP contribution >= 0.6 is 34.4 Å². The molecule has 210 valence electrons. The molecule has 0 spiro atoms. The van der Waals surface area contributed by atoms with Crippen molar-refractivity contribution in [1.82, 2.24) is 10.2 Å². The number of aromatic nitrogens is 2. The maximum Gasteiger partial charge on any atom is 0.335 e. The zero-order valence-electron chi connectivity index (χ0n) is 22.4. The number of carboxylic acids is 1. The second-order valence-corrected chi connectivity index (χ2v) is 13.6. The van der Waals surface area contributed by atoms with Gasteiger partial charge in [-0.15, -0.1) is 21.5 Å². The van der Waals surface area contributed by atoms with Crippen LogP contribution in [0.25, 0.3) is 0 Å². The number of aryl methyl sites for hydroxylation is 1. The van der Waals surface area contributed by atoms with Gasteiger partial charge in [-0.2, -0.15) is 5.26 Å². The first-order chi connectivity index (χ1) is 19.5. The van der Waals surface area contributed by atoms with E-state index in [1.807, 2.05) is 32.2 Å². The van der Waals surface area contributed by atoms with Gasteiger partial charge in [0.25, 0.3) is 0 Å². The molecular formula is C28H26N6O4S3. The van der Waals surface area contributed by atoms with Gasteiger partial charge >= 0.3 is 5.97 Å². The van der Waals surface area contributed by atoms with Gasteiger partial charge in [0.2, 0.25) is 11.0 Å². The summed E-state index contributed by atoms with van der Waals surface area (Å²) < 4.78 is 0.516. The highest BCUT2D eigenvalue weighted by molar-refractivity contribution is 8.01. The lowest BCUT2D eigenvalue weighted by Gasteiger charge is -2.42. The molecule has 0 saturated carbocycles. The van der Waals surface area contributed by atoms with Crippen LogP contribution in [0.15, 0.2) is 62.7 Å². The van der Waals surface area contributed by atoms with Gasteiger partial charge in [0.1, 0.15) is 5.82 Å². The van der Waals surface area contributed by atoms with E-state index < -0.39 is 11.9 Å². The van der Waals surface area contributed by atoms with Crippen molar-refractivity contribution in [1.29, 1.82) is 5.26 Å². The Balaban J connectivity index is 1.41. The normalized spacial score (nSPS) is 18.2. The zero-order chi connectivity index (χ0) is 29.5. The highest BCUT2D eigenvalue weighted by Crippen LogP contribution is 2.51. The van der Waals surface area contributed by atoms with E-state index in [-0.39, 0.29) is 34.2 Å². The van der Waals surface area contributed by atoms with E-state index in [4.69, 9.17) is 10.8 Å². The van der Waals surface area contributed by atoms with E-state index in [0.29, 0.717) is 39.1 Å². The van der Waals surface area contributed by atoms with Crippen molar-refractivity contribution in [2.75, 3.05) is 16.0 Å². The van der Waals surface area contributed by atoms with Gasteiger partial charge in [-0.3, -0.25) is 14.5 Å². The molecule has 41 heavy (non-hydrogen) atoms. The van der Waals surface area contributed by atoms with Gasteiger partial charge in [-0.05, 0) is 60.0 Å². The number of nitriles is 1. The minimum absolute atomic E-state index is 0.00790. The third-order valence-electron chi connectivity index (χ3n) is 6.87. The van der Waals surface area contributed by atoms with E-state index in [2.05, 4.69) is 21.6 Å². The van der Waals surface area contributed by atoms with Gasteiger partial charge < -0.3 is 16.2 Å². The summed E-state index contributed by atoms with van der Waals surface area (Å²) in [6.45, 7) is 6.04. The van der Waals surface area contributed by atoms with Crippen LogP contribution in [-0.2, 0) is 9.59 Å². The molecule has 5 rings (SSSR count). The third-order valence-corrected chi connectivity index (χ3v) is 10.00. The molecule has 3 heterocycles. The predicted molar refractivity (Wildman–Crippen MR) is 159 cm³/mol. The molecule has 1 aromatic carbocycles. The van der Waals surface area contributed by atoms with Crippen LogP contribution in [0.3, 0.4) is 0 Å². The number of anilines is 2. The van der Waals surface area contributed by atoms with E-state index in [0.717, 1.165) is 16.1 Å². The topological polar surface area (TPSA) is 162 Å². The van der Waals surface area contributed by atoms with Crippen LogP contribution in [0.1, 0.15) is 53.4 Å². The largest absolute Gasteiger partial charge is 0.478 e. The summed E-state index contributed by atoms with van der Waals surface area (Å²) >= 11 is 3.92. The molecular weight excluding hydrogens is 581 g/mol. The van der Waals surface area contributed by atoms with Crippen LogP contribution in [-0.4, -0.2) is 38.7 Å². The van der Waals surface area contributed by atoms with Crippen molar-refractivity contribution >= 4 is 62.9 Å². The molecule has 1 amide bonds. The first kappa shape index (κ1) is 28.5. The van der Waals surface area contributed by atoms with Crippen LogP contribution in [0.5, 0.6) is 0 Å². The maximum atomic E-state index is 13.6. The molecule has 13 heteroatoms. The van der Waals surface area contributed by atoms with Gasteiger partial charge in [0.05, 0.1) is 28.9 Å². The first-order valence-corrected chi connectivity index (χ1v) is 15.3. The number of allylic oxidation sites excluding steroid dienone is 3. The molecule has 1 atom stereocenters. The molecule has 10 nitrogen and oxygen atoms in total. The number of carboxylic acid groups (broad SMARTS) is 1. The summed E-state index contributed by atoms with van der Waals surface area (Å²) in [5, 5.41) is 32.9. The van der Waals surface area contributed by atoms with E-state index in [1.54, 1.807) is 4.90 Å². The number of nitrogens with one attached hydrogen (secondary N) is 1. The fraction of sp³-hybridized carbons (Fsp3) is 0.286. The second-order valence-electron chi connectivity index (χ2n) is 10.5. The summed E-state index contributed by atoms with van der Waals surface area (Å²) in [6, 6.07) is 10.1. The number of carbonyl (C=O) groups excluding carboxylic acids is 2. The van der Waals surface area contributed by atoms with Crippen molar-refractivity contribution in [2.24, 2.45) is 11.1 Å². The Bertz CT molecular complexity index is 1660. The fourth-order valence-corrected chi connectivity index (χ4v) is 7.77. The predicted octanol–water partition coefficient (Wildman–Crippen LogP) is 5.28. The van der Waals surface area contributed by atoms with Crippen LogP contribution in [0.2, 0.25) is 0 Å². The minimum Gasteiger partial charge on any atom is -0.478 e. The highest BCUT2D eigenvalue weighted by Gasteiger charge is 2.46. The lowest BCUT2D eigenvalue weighted by Crippen LogP contribution is -2.42. The number of hydrogen-bond acceptors (Lipinski definition) is 11. The SMILES string of the molecule is Cc1ccsc1C1C(C#N)=C(N)N(c2nnc(SCC(=O)Nc3ccc(C(=O)O)cc3)s2)C2=C1C(=O)CC(C)(C)C2. The Morgan fingerprint density at radius 2 is 1.98 bits per heavy atom. The summed E-state index contributed by atoms with van der Waals surface area (Å²) in [6.07, 6.45) is 0.935. The number of amides is 1. The molecule has 0 fully saturated rings. The maximum absolute atomic E-state index is 13.6. The number of thiophene rings is 1. The van der Waals surface area contributed by atoms with Crippen molar-refractivity contribution in [2.45, 2.75) is 43.9 Å². The Morgan fingerprint density at radius 1 is 1.24 bits per heavy atom. The quantitative estimate of drug-likeness (QED) is 0.302. The number of thioether (sulfide) groups is 1. The number of benzene rings is 1. The third kappa shape index (κ3) is 5.63. The van der Waals surface area contributed by atoms with Crippen LogP contribution in [0.4, 0.5) is 10.8 Å². The molecule has 0 saturated heterocycles. The molecule has 1 aliphatic carbocycles. The van der Waals surface area contributed by atoms with Gasteiger partial charge in [-0.25, -0.2) is 4.79 Å². The average Bonchev–Trinajstić information content (AvgIpc) is 3.55. The highest BCUT2D eigenvalue weighted by atomic mass is 32.2. The first-order valence-electron chi connectivity index (χ1n) is 12.6. The summed E-state index contributed by atoms with van der Waals surface area (Å²) in [5.74, 6) is -1.60. The summed E-state index contributed by atoms with van der Waals surface area (Å²) in [7, 11) is 0. The lowest BCUT2D eigenvalue weighted by molar-refractivity contribution is -0.118. The van der Waals surface area contributed by atoms with E-state index in [1.165, 1.54) is 58.7 Å². The van der Waals surface area contributed by atoms with E-state index >= 15 is 0 Å². The number of ketones is 1. The number of carbonyl (C=O) groups is 3. The lowest BCUT2D eigenvalue weighted by atomic mass is 9.69. The smallest absolute Gasteiger partial charge is 0.335 e. The molecule has 1 unspecified atom stereocenters. The number of hydrogen-bond donors (Lipinski definition) is 3. The Hall–Kier alpha value is -3.99. The van der Waals surface area contributed by atoms with Crippen LogP contribution in [0, 0.1) is 23.7 Å². The fourth-order valence-electron chi connectivity index (χ4n) is 5.04. The molecule has 2 aliphatic rings. The Kier molecular flexibility index (Phi) is 7.74. The van der Waals surface area contributed by atoms with Gasteiger partial charge in [0, 0.05) is 28.3 Å². The Morgan fingerprint density at radius 3 is 2.61 bits per heavy atom. The molecule has 2 aromatic heterocycles. The molecule has 4 N–H and O–H groups in total. The van der Waals surface area contributed by atoms with Crippen molar-refractivity contribution < 1.29 is 19.5 Å². The van der Waals surface area contributed by atoms with E-state index in [9.17, 15) is 19.6 Å². The number of rotatable bonds is 7.